The molecule has 2 aromatic heterocycles. The van der Waals surface area contributed by atoms with E-state index in [1.807, 2.05) is 13.0 Å². The smallest absolute Gasteiger partial charge is 0.142 e. The molecule has 0 spiro atoms. The summed E-state index contributed by atoms with van der Waals surface area (Å²) in [7, 11) is 0. The second-order valence-electron chi connectivity index (χ2n) is 6.70. The minimum Gasteiger partial charge on any atom is -0.394 e. The number of hydrogen-bond acceptors (Lipinski definition) is 5. The van der Waals surface area contributed by atoms with E-state index in [0.717, 1.165) is 41.2 Å². The number of nitrogens with zero attached hydrogens (tertiary/aromatic N) is 3. The number of benzene rings is 1. The zero-order chi connectivity index (χ0) is 16.7. The van der Waals surface area contributed by atoms with Gasteiger partial charge in [-0.15, -0.1) is 11.3 Å². The summed E-state index contributed by atoms with van der Waals surface area (Å²) in [6.07, 6.45) is 2.06. The molecule has 0 amide bonds. The quantitative estimate of drug-likeness (QED) is 0.783. The molecule has 3 heterocycles. The van der Waals surface area contributed by atoms with Crippen LogP contribution >= 0.6 is 11.3 Å². The van der Waals surface area contributed by atoms with Crippen LogP contribution in [0.5, 0.6) is 0 Å². The molecule has 0 unspecified atom stereocenters. The molecule has 4 nitrogen and oxygen atoms in total. The maximum Gasteiger partial charge on any atom is 0.142 e. The van der Waals surface area contributed by atoms with Gasteiger partial charge in [0.05, 0.1) is 17.5 Å². The number of hydrogen-bond donors (Lipinski definition) is 1. The van der Waals surface area contributed by atoms with E-state index in [2.05, 4.69) is 46.5 Å². The van der Waals surface area contributed by atoms with E-state index in [4.69, 9.17) is 4.98 Å². The van der Waals surface area contributed by atoms with Gasteiger partial charge in [0.15, 0.2) is 0 Å². The number of rotatable bonds is 3. The maximum absolute atomic E-state index is 9.95. The fraction of sp³-hybridized carbons (Fsp3) is 0.368. The summed E-state index contributed by atoms with van der Waals surface area (Å²) in [5.41, 5.74) is 2.11. The summed E-state index contributed by atoms with van der Waals surface area (Å²) in [5.74, 6) is 1.75. The number of aliphatic hydroxyl groups is 1. The molecule has 1 fully saturated rings. The molecule has 1 aliphatic rings. The van der Waals surface area contributed by atoms with Crippen molar-refractivity contribution in [1.29, 1.82) is 0 Å². The monoisotopic (exact) mass is 339 g/mol. The van der Waals surface area contributed by atoms with Crippen LogP contribution in [0.3, 0.4) is 0 Å². The Bertz CT molecular complexity index is 877. The molecule has 4 rings (SSSR count). The van der Waals surface area contributed by atoms with Gasteiger partial charge < -0.3 is 10.0 Å². The molecule has 1 saturated heterocycles. The van der Waals surface area contributed by atoms with Crippen molar-refractivity contribution in [2.45, 2.75) is 32.2 Å². The first-order chi connectivity index (χ1) is 11.6. The Hall–Kier alpha value is -1.98. The molecule has 5 heteroatoms. The van der Waals surface area contributed by atoms with Gasteiger partial charge in [-0.05, 0) is 32.3 Å². The number of aliphatic hydroxyl groups excluding tert-OH is 1. The van der Waals surface area contributed by atoms with Crippen molar-refractivity contribution in [2.24, 2.45) is 0 Å². The molecule has 1 aromatic carbocycles. The van der Waals surface area contributed by atoms with Crippen molar-refractivity contribution >= 4 is 27.4 Å². The molecule has 1 N–H and O–H groups in total. The molecule has 0 radical (unpaired) electrons. The first-order valence-corrected chi connectivity index (χ1v) is 9.20. The van der Waals surface area contributed by atoms with Crippen molar-refractivity contribution in [3.8, 4) is 11.1 Å². The highest BCUT2D eigenvalue weighted by Gasteiger charge is 2.38. The summed E-state index contributed by atoms with van der Waals surface area (Å²) in [6.45, 7) is 5.13. The lowest BCUT2D eigenvalue weighted by Gasteiger charge is -2.35. The SMILES string of the molecule is Cc1nc(N2CCC[C@]2(C)CO)c2c(-c3ccccc3)csc2n1. The second-order valence-corrected chi connectivity index (χ2v) is 7.56. The van der Waals surface area contributed by atoms with Crippen molar-refractivity contribution in [3.63, 3.8) is 0 Å². The predicted octanol–water partition coefficient (Wildman–Crippen LogP) is 4.02. The van der Waals surface area contributed by atoms with Gasteiger partial charge in [-0.1, -0.05) is 30.3 Å². The van der Waals surface area contributed by atoms with Crippen LogP contribution in [0, 0.1) is 6.92 Å². The van der Waals surface area contributed by atoms with Crippen molar-refractivity contribution in [2.75, 3.05) is 18.1 Å². The molecule has 0 bridgehead atoms. The Morgan fingerprint density at radius 3 is 2.79 bits per heavy atom. The van der Waals surface area contributed by atoms with Gasteiger partial charge in [0.2, 0.25) is 0 Å². The summed E-state index contributed by atoms with van der Waals surface area (Å²) in [5, 5.41) is 13.2. The molecule has 1 atom stereocenters. The Kier molecular flexibility index (Phi) is 3.77. The molecule has 1 aliphatic heterocycles. The minimum absolute atomic E-state index is 0.141. The highest BCUT2D eigenvalue weighted by Crippen LogP contribution is 2.42. The van der Waals surface area contributed by atoms with Crippen molar-refractivity contribution in [3.05, 3.63) is 41.5 Å². The van der Waals surface area contributed by atoms with E-state index in [-0.39, 0.29) is 12.1 Å². The number of anilines is 1. The summed E-state index contributed by atoms with van der Waals surface area (Å²) in [6, 6.07) is 10.4. The standard InChI is InChI=1S/C19H21N3OS/c1-13-20-17(22-10-6-9-19(22,2)12-23)16-15(11-24-18(16)21-13)14-7-4-3-5-8-14/h3-5,7-8,11,23H,6,9-10,12H2,1-2H3/t19-/m1/s1. The first kappa shape index (κ1) is 15.5. The zero-order valence-electron chi connectivity index (χ0n) is 14.0. The molecule has 0 saturated carbocycles. The average molecular weight is 339 g/mol. The van der Waals surface area contributed by atoms with Crippen LogP contribution in [0.15, 0.2) is 35.7 Å². The zero-order valence-corrected chi connectivity index (χ0v) is 14.8. The Morgan fingerprint density at radius 2 is 2.04 bits per heavy atom. The lowest BCUT2D eigenvalue weighted by Crippen LogP contribution is -2.45. The summed E-state index contributed by atoms with van der Waals surface area (Å²) >= 11 is 1.66. The third-order valence-electron chi connectivity index (χ3n) is 4.96. The van der Waals surface area contributed by atoms with Gasteiger partial charge in [0, 0.05) is 17.5 Å². The number of aryl methyl sites for hydroxylation is 1. The normalized spacial score (nSPS) is 20.9. The van der Waals surface area contributed by atoms with E-state index < -0.39 is 0 Å². The average Bonchev–Trinajstić information content (AvgIpc) is 3.19. The fourth-order valence-corrected chi connectivity index (χ4v) is 4.59. The lowest BCUT2D eigenvalue weighted by molar-refractivity contribution is 0.209. The Labute approximate surface area is 145 Å². The topological polar surface area (TPSA) is 49.2 Å². The van der Waals surface area contributed by atoms with Gasteiger partial charge in [0.1, 0.15) is 16.5 Å². The van der Waals surface area contributed by atoms with Gasteiger partial charge in [0.25, 0.3) is 0 Å². The number of thiophene rings is 1. The number of fused-ring (bicyclic) bond motifs is 1. The first-order valence-electron chi connectivity index (χ1n) is 8.32. The third kappa shape index (κ3) is 2.39. The van der Waals surface area contributed by atoms with Gasteiger partial charge in [-0.2, -0.15) is 0 Å². The minimum atomic E-state index is -0.246. The highest BCUT2D eigenvalue weighted by atomic mass is 32.1. The second kappa shape index (κ2) is 5.83. The molecule has 3 aromatic rings. The van der Waals surface area contributed by atoms with E-state index in [1.165, 1.54) is 11.1 Å². The van der Waals surface area contributed by atoms with E-state index in [9.17, 15) is 5.11 Å². The predicted molar refractivity (Wildman–Crippen MR) is 99.7 cm³/mol. The lowest BCUT2D eigenvalue weighted by atomic mass is 9.99. The number of aromatic nitrogens is 2. The van der Waals surface area contributed by atoms with Crippen LogP contribution in [0.4, 0.5) is 5.82 Å². The van der Waals surface area contributed by atoms with Crippen LogP contribution in [-0.4, -0.2) is 33.8 Å². The van der Waals surface area contributed by atoms with Gasteiger partial charge >= 0.3 is 0 Å². The van der Waals surface area contributed by atoms with Crippen LogP contribution in [0.1, 0.15) is 25.6 Å². The molecular weight excluding hydrogens is 318 g/mol. The molecular formula is C19H21N3OS. The Balaban J connectivity index is 1.96. The summed E-state index contributed by atoms with van der Waals surface area (Å²) < 4.78 is 0. The van der Waals surface area contributed by atoms with E-state index in [1.54, 1.807) is 11.3 Å². The molecule has 0 aliphatic carbocycles. The van der Waals surface area contributed by atoms with E-state index in [0.29, 0.717) is 0 Å². The Morgan fingerprint density at radius 1 is 1.25 bits per heavy atom. The van der Waals surface area contributed by atoms with Crippen LogP contribution in [-0.2, 0) is 0 Å². The van der Waals surface area contributed by atoms with Crippen LogP contribution < -0.4 is 4.90 Å². The van der Waals surface area contributed by atoms with Gasteiger partial charge in [-0.25, -0.2) is 9.97 Å². The van der Waals surface area contributed by atoms with Gasteiger partial charge in [-0.3, -0.25) is 0 Å². The molecule has 24 heavy (non-hydrogen) atoms. The van der Waals surface area contributed by atoms with E-state index >= 15 is 0 Å². The summed E-state index contributed by atoms with van der Waals surface area (Å²) in [4.78, 5) is 12.7. The van der Waals surface area contributed by atoms with Crippen LogP contribution in [0.2, 0.25) is 0 Å². The van der Waals surface area contributed by atoms with Crippen LogP contribution in [0.25, 0.3) is 21.3 Å². The molecule has 124 valence electrons. The third-order valence-corrected chi connectivity index (χ3v) is 5.83. The maximum atomic E-state index is 9.95. The van der Waals surface area contributed by atoms with Crippen molar-refractivity contribution in [1.82, 2.24) is 9.97 Å². The largest absolute Gasteiger partial charge is 0.394 e. The van der Waals surface area contributed by atoms with Crippen molar-refractivity contribution < 1.29 is 5.11 Å². The highest BCUT2D eigenvalue weighted by molar-refractivity contribution is 7.17. The fourth-order valence-electron chi connectivity index (χ4n) is 3.60.